The van der Waals surface area contributed by atoms with E-state index in [1.165, 1.54) is 23.3 Å². The summed E-state index contributed by atoms with van der Waals surface area (Å²) >= 11 is 18.4. The molecule has 8 heteroatoms. The molecule has 5 nitrogen and oxygen atoms in total. The first kappa shape index (κ1) is 26.4. The average molecular weight is 530 g/mol. The third kappa shape index (κ3) is 6.93. The maximum absolute atomic E-state index is 12.7. The van der Waals surface area contributed by atoms with Crippen molar-refractivity contribution in [3.63, 3.8) is 0 Å². The van der Waals surface area contributed by atoms with Gasteiger partial charge in [0.05, 0.1) is 21.7 Å². The molecule has 0 aromatic heterocycles. The predicted octanol–water partition coefficient (Wildman–Crippen LogP) is 7.79. The number of halogens is 3. The number of nitrogens with one attached hydrogen (secondary N) is 1. The number of ether oxygens (including phenoxy) is 2. The van der Waals surface area contributed by atoms with Crippen molar-refractivity contribution in [2.45, 2.75) is 27.4 Å². The molecule has 0 heterocycles. The standard InChI is InChI=1S/C27H23Cl3N2O3/c1-4-34-25-12-19(10-20(14-31)27(33)32-21-7-8-22(28)23(29)13-21)11-24(30)26(25)35-15-18-6-5-16(2)17(3)9-18/h5-13H,4,15H2,1-3H3,(H,32,33)/b20-10+. The Balaban J connectivity index is 1.85. The predicted molar refractivity (Wildman–Crippen MR) is 142 cm³/mol. The maximum Gasteiger partial charge on any atom is 0.266 e. The van der Waals surface area contributed by atoms with E-state index < -0.39 is 5.91 Å². The van der Waals surface area contributed by atoms with Gasteiger partial charge in [0.2, 0.25) is 0 Å². The number of nitrogens with zero attached hydrogens (tertiary/aromatic N) is 1. The van der Waals surface area contributed by atoms with Crippen molar-refractivity contribution in [1.29, 1.82) is 5.26 Å². The minimum absolute atomic E-state index is 0.126. The first-order chi connectivity index (χ1) is 16.7. The fraction of sp³-hybridized carbons (Fsp3) is 0.185. The smallest absolute Gasteiger partial charge is 0.266 e. The third-order valence-corrected chi connectivity index (χ3v) is 6.16. The summed E-state index contributed by atoms with van der Waals surface area (Å²) in [7, 11) is 0. The van der Waals surface area contributed by atoms with E-state index in [0.717, 1.165) is 5.56 Å². The molecule has 0 bridgehead atoms. The molecule has 0 saturated heterocycles. The van der Waals surface area contributed by atoms with Gasteiger partial charge >= 0.3 is 0 Å². The zero-order valence-electron chi connectivity index (χ0n) is 19.4. The Kier molecular flexibility index (Phi) is 9.06. The van der Waals surface area contributed by atoms with Crippen molar-refractivity contribution < 1.29 is 14.3 Å². The van der Waals surface area contributed by atoms with Crippen LogP contribution in [0.15, 0.2) is 54.1 Å². The Morgan fingerprint density at radius 1 is 0.971 bits per heavy atom. The molecule has 0 aliphatic carbocycles. The Morgan fingerprint density at radius 3 is 2.40 bits per heavy atom. The average Bonchev–Trinajstić information content (AvgIpc) is 2.81. The molecule has 3 aromatic rings. The molecule has 0 atom stereocenters. The summed E-state index contributed by atoms with van der Waals surface area (Å²) in [5.41, 5.74) is 4.17. The molecular weight excluding hydrogens is 507 g/mol. The van der Waals surface area contributed by atoms with Crippen LogP contribution in [0.2, 0.25) is 15.1 Å². The number of rotatable bonds is 8. The molecule has 0 aliphatic heterocycles. The van der Waals surface area contributed by atoms with Gasteiger partial charge in [0.1, 0.15) is 18.2 Å². The number of aryl methyl sites for hydroxylation is 2. The van der Waals surface area contributed by atoms with Crippen LogP contribution in [0, 0.1) is 25.2 Å². The Hall–Kier alpha value is -3.17. The largest absolute Gasteiger partial charge is 0.490 e. The van der Waals surface area contributed by atoms with Gasteiger partial charge in [0.25, 0.3) is 5.91 Å². The van der Waals surface area contributed by atoms with Crippen LogP contribution in [0.3, 0.4) is 0 Å². The summed E-state index contributed by atoms with van der Waals surface area (Å²) in [4.78, 5) is 12.7. The lowest BCUT2D eigenvalue weighted by Crippen LogP contribution is -2.13. The summed E-state index contributed by atoms with van der Waals surface area (Å²) in [6.07, 6.45) is 1.42. The van der Waals surface area contributed by atoms with Crippen molar-refractivity contribution in [3.8, 4) is 17.6 Å². The van der Waals surface area contributed by atoms with E-state index in [1.807, 2.05) is 32.0 Å². The lowest BCUT2D eigenvalue weighted by molar-refractivity contribution is -0.112. The number of anilines is 1. The lowest BCUT2D eigenvalue weighted by Gasteiger charge is -2.15. The minimum atomic E-state index is -0.602. The molecule has 0 unspecified atom stereocenters. The van der Waals surface area contributed by atoms with E-state index in [1.54, 1.807) is 24.3 Å². The van der Waals surface area contributed by atoms with Gasteiger partial charge in [-0.15, -0.1) is 0 Å². The minimum Gasteiger partial charge on any atom is -0.490 e. The van der Waals surface area contributed by atoms with Crippen LogP contribution in [0.1, 0.15) is 29.2 Å². The van der Waals surface area contributed by atoms with Gasteiger partial charge in [-0.3, -0.25) is 4.79 Å². The van der Waals surface area contributed by atoms with Gasteiger partial charge in [-0.05, 0) is 79.4 Å². The molecule has 0 saturated carbocycles. The van der Waals surface area contributed by atoms with E-state index in [9.17, 15) is 10.1 Å². The molecule has 1 N–H and O–H groups in total. The second-order valence-electron chi connectivity index (χ2n) is 7.72. The number of hydrogen-bond donors (Lipinski definition) is 1. The summed E-state index contributed by atoms with van der Waals surface area (Å²) < 4.78 is 11.7. The molecule has 0 radical (unpaired) electrons. The topological polar surface area (TPSA) is 71.3 Å². The van der Waals surface area contributed by atoms with Crippen LogP contribution in [-0.4, -0.2) is 12.5 Å². The summed E-state index contributed by atoms with van der Waals surface area (Å²) in [6, 6.07) is 16.0. The number of hydrogen-bond acceptors (Lipinski definition) is 4. The maximum atomic E-state index is 12.7. The van der Waals surface area contributed by atoms with E-state index in [4.69, 9.17) is 44.3 Å². The van der Waals surface area contributed by atoms with Crippen molar-refractivity contribution in [2.24, 2.45) is 0 Å². The quantitative estimate of drug-likeness (QED) is 0.239. The highest BCUT2D eigenvalue weighted by atomic mass is 35.5. The van der Waals surface area contributed by atoms with Crippen LogP contribution in [0.4, 0.5) is 5.69 Å². The number of nitriles is 1. The van der Waals surface area contributed by atoms with Crippen LogP contribution >= 0.6 is 34.8 Å². The number of benzene rings is 3. The normalized spacial score (nSPS) is 11.1. The highest BCUT2D eigenvalue weighted by Crippen LogP contribution is 2.38. The zero-order valence-corrected chi connectivity index (χ0v) is 21.7. The van der Waals surface area contributed by atoms with Crippen molar-refractivity contribution in [2.75, 3.05) is 11.9 Å². The van der Waals surface area contributed by atoms with Crippen LogP contribution in [0.5, 0.6) is 11.5 Å². The number of amides is 1. The molecule has 0 spiro atoms. The van der Waals surface area contributed by atoms with E-state index >= 15 is 0 Å². The first-order valence-corrected chi connectivity index (χ1v) is 11.9. The summed E-state index contributed by atoms with van der Waals surface area (Å²) in [5, 5.41) is 13.1. The first-order valence-electron chi connectivity index (χ1n) is 10.7. The van der Waals surface area contributed by atoms with Crippen LogP contribution in [0.25, 0.3) is 6.08 Å². The van der Waals surface area contributed by atoms with Gasteiger partial charge in [-0.1, -0.05) is 53.0 Å². The van der Waals surface area contributed by atoms with Gasteiger partial charge in [-0.25, -0.2) is 0 Å². The number of carbonyl (C=O) groups is 1. The monoisotopic (exact) mass is 528 g/mol. The van der Waals surface area contributed by atoms with Crippen LogP contribution in [-0.2, 0) is 11.4 Å². The van der Waals surface area contributed by atoms with Gasteiger partial charge in [0, 0.05) is 5.69 Å². The van der Waals surface area contributed by atoms with Crippen LogP contribution < -0.4 is 14.8 Å². The van der Waals surface area contributed by atoms with E-state index in [0.29, 0.717) is 46.0 Å². The fourth-order valence-electron chi connectivity index (χ4n) is 3.21. The summed E-state index contributed by atoms with van der Waals surface area (Å²) in [6.45, 7) is 6.63. The van der Waals surface area contributed by atoms with E-state index in [2.05, 4.69) is 18.3 Å². The van der Waals surface area contributed by atoms with Gasteiger partial charge < -0.3 is 14.8 Å². The molecule has 0 fully saturated rings. The second-order valence-corrected chi connectivity index (χ2v) is 8.94. The third-order valence-electron chi connectivity index (χ3n) is 5.14. The molecule has 3 rings (SSSR count). The van der Waals surface area contributed by atoms with Gasteiger partial charge in [-0.2, -0.15) is 5.26 Å². The Bertz CT molecular complexity index is 1330. The van der Waals surface area contributed by atoms with E-state index in [-0.39, 0.29) is 10.6 Å². The van der Waals surface area contributed by atoms with Crippen molar-refractivity contribution in [3.05, 3.63) is 91.4 Å². The molecule has 35 heavy (non-hydrogen) atoms. The number of carbonyl (C=O) groups excluding carboxylic acids is 1. The fourth-order valence-corrected chi connectivity index (χ4v) is 3.78. The highest BCUT2D eigenvalue weighted by molar-refractivity contribution is 6.42. The molecule has 180 valence electrons. The van der Waals surface area contributed by atoms with Crippen molar-refractivity contribution in [1.82, 2.24) is 0 Å². The zero-order chi connectivity index (χ0) is 25.5. The molecule has 3 aromatic carbocycles. The van der Waals surface area contributed by atoms with Gasteiger partial charge in [0.15, 0.2) is 11.5 Å². The molecule has 1 amide bonds. The molecular formula is C27H23Cl3N2O3. The Labute approximate surface area is 219 Å². The Morgan fingerprint density at radius 2 is 1.74 bits per heavy atom. The highest BCUT2D eigenvalue weighted by Gasteiger charge is 2.15. The lowest BCUT2D eigenvalue weighted by atomic mass is 10.1. The summed E-state index contributed by atoms with van der Waals surface area (Å²) in [5.74, 6) is 0.204. The SMILES string of the molecule is CCOc1cc(/C=C(\C#N)C(=O)Nc2ccc(Cl)c(Cl)c2)cc(Cl)c1OCc1ccc(C)c(C)c1. The molecule has 0 aliphatic rings. The van der Waals surface area contributed by atoms with Crippen molar-refractivity contribution >= 4 is 52.5 Å². The second kappa shape index (κ2) is 12.0.